The summed E-state index contributed by atoms with van der Waals surface area (Å²) in [6.45, 7) is 2.15. The largest absolute Gasteiger partial charge is 0.459 e. The Balaban J connectivity index is 2.12. The van der Waals surface area contributed by atoms with E-state index in [4.69, 9.17) is 4.74 Å². The Hall–Kier alpha value is -1.18. The molecule has 0 bridgehead atoms. The highest BCUT2D eigenvalue weighted by atomic mass is 127. The summed E-state index contributed by atoms with van der Waals surface area (Å²) in [4.78, 5) is 22.4. The molecule has 0 radical (unpaired) electrons. The number of nitro benzene ring substituents is 1. The highest BCUT2D eigenvalue weighted by molar-refractivity contribution is 14.1. The predicted molar refractivity (Wildman–Crippen MR) is 82.6 cm³/mol. The van der Waals surface area contributed by atoms with Crippen molar-refractivity contribution in [2.24, 2.45) is 5.92 Å². The summed E-state index contributed by atoms with van der Waals surface area (Å²) < 4.78 is 6.17. The van der Waals surface area contributed by atoms with Crippen molar-refractivity contribution in [1.82, 2.24) is 0 Å². The third-order valence-corrected chi connectivity index (χ3v) is 4.48. The van der Waals surface area contributed by atoms with Crippen molar-refractivity contribution in [3.63, 3.8) is 0 Å². The smallest absolute Gasteiger partial charge is 0.339 e. The average molecular weight is 389 g/mol. The molecular weight excluding hydrogens is 373 g/mol. The first kappa shape index (κ1) is 15.2. The van der Waals surface area contributed by atoms with Crippen LogP contribution in [0.1, 0.15) is 43.0 Å². The Morgan fingerprint density at radius 3 is 2.85 bits per heavy atom. The summed E-state index contributed by atoms with van der Waals surface area (Å²) in [5, 5.41) is 10.8. The van der Waals surface area contributed by atoms with E-state index in [0.717, 1.165) is 19.3 Å². The number of nitrogens with zero attached hydrogens (tertiary/aromatic N) is 1. The fourth-order valence-corrected chi connectivity index (χ4v) is 3.04. The first-order valence-corrected chi connectivity index (χ1v) is 7.70. The van der Waals surface area contributed by atoms with Gasteiger partial charge in [0.25, 0.3) is 5.69 Å². The third-order valence-electron chi connectivity index (χ3n) is 3.54. The lowest BCUT2D eigenvalue weighted by Crippen LogP contribution is -2.25. The van der Waals surface area contributed by atoms with Crippen LogP contribution in [-0.4, -0.2) is 17.0 Å². The fraction of sp³-hybridized carbons (Fsp3) is 0.500. The van der Waals surface area contributed by atoms with E-state index in [9.17, 15) is 14.9 Å². The molecule has 2 unspecified atom stereocenters. The maximum absolute atomic E-state index is 12.2. The second-order valence-corrected chi connectivity index (χ2v) is 6.38. The molecule has 2 rings (SSSR count). The summed E-state index contributed by atoms with van der Waals surface area (Å²) in [7, 11) is 0. The normalized spacial score (nSPS) is 22.3. The summed E-state index contributed by atoms with van der Waals surface area (Å²) in [6, 6.07) is 4.25. The molecule has 1 aromatic rings. The highest BCUT2D eigenvalue weighted by Gasteiger charge is 2.24. The van der Waals surface area contributed by atoms with E-state index in [1.165, 1.54) is 18.6 Å². The standard InChI is InChI=1S/C14H16INO4/c1-9-3-2-4-11(7-9)20-14(17)12-8-10(16(18)19)5-6-13(12)15/h5-6,8-9,11H,2-4,7H2,1H3. The van der Waals surface area contributed by atoms with E-state index in [1.54, 1.807) is 6.07 Å². The molecule has 6 heteroatoms. The van der Waals surface area contributed by atoms with Gasteiger partial charge in [-0.05, 0) is 53.8 Å². The van der Waals surface area contributed by atoms with E-state index < -0.39 is 10.9 Å². The van der Waals surface area contributed by atoms with Gasteiger partial charge in [-0.2, -0.15) is 0 Å². The van der Waals surface area contributed by atoms with E-state index in [1.807, 2.05) is 22.6 Å². The number of nitro groups is 1. The Labute approximate surface area is 131 Å². The van der Waals surface area contributed by atoms with E-state index in [0.29, 0.717) is 9.49 Å². The zero-order valence-electron chi connectivity index (χ0n) is 11.2. The molecule has 0 spiro atoms. The number of carbonyl (C=O) groups excluding carboxylic acids is 1. The van der Waals surface area contributed by atoms with Crippen LogP contribution in [0.3, 0.4) is 0 Å². The number of non-ortho nitro benzene ring substituents is 1. The molecule has 108 valence electrons. The van der Waals surface area contributed by atoms with Crippen molar-refractivity contribution >= 4 is 34.2 Å². The molecule has 1 saturated carbocycles. The van der Waals surface area contributed by atoms with Gasteiger partial charge in [-0.15, -0.1) is 0 Å². The van der Waals surface area contributed by atoms with Gasteiger partial charge in [-0.1, -0.05) is 13.3 Å². The summed E-state index contributed by atoms with van der Waals surface area (Å²) >= 11 is 1.99. The number of halogens is 1. The maximum atomic E-state index is 12.2. The van der Waals surface area contributed by atoms with E-state index in [2.05, 4.69) is 6.92 Å². The van der Waals surface area contributed by atoms with E-state index in [-0.39, 0.29) is 17.4 Å². The van der Waals surface area contributed by atoms with Gasteiger partial charge in [0.05, 0.1) is 10.5 Å². The van der Waals surface area contributed by atoms with Crippen molar-refractivity contribution in [1.29, 1.82) is 0 Å². The first-order chi connectivity index (χ1) is 9.47. The van der Waals surface area contributed by atoms with Gasteiger partial charge in [-0.3, -0.25) is 10.1 Å². The fourth-order valence-electron chi connectivity index (χ4n) is 2.48. The molecule has 0 N–H and O–H groups in total. The molecular formula is C14H16INO4. The van der Waals surface area contributed by atoms with Gasteiger partial charge < -0.3 is 4.74 Å². The SMILES string of the molecule is CC1CCCC(OC(=O)c2cc([N+](=O)[O-])ccc2I)C1. The molecule has 0 saturated heterocycles. The average Bonchev–Trinajstić information content (AvgIpc) is 2.38. The Morgan fingerprint density at radius 1 is 1.45 bits per heavy atom. The van der Waals surface area contributed by atoms with Gasteiger partial charge in [0.15, 0.2) is 0 Å². The van der Waals surface area contributed by atoms with Crippen LogP contribution in [0.5, 0.6) is 0 Å². The zero-order chi connectivity index (χ0) is 14.7. The Kier molecular flexibility index (Phi) is 4.95. The van der Waals surface area contributed by atoms with Crippen LogP contribution in [0.25, 0.3) is 0 Å². The number of rotatable bonds is 3. The molecule has 0 amide bonds. The summed E-state index contributed by atoms with van der Waals surface area (Å²) in [6.07, 6.45) is 3.91. The quantitative estimate of drug-likeness (QED) is 0.340. The Morgan fingerprint density at radius 2 is 2.20 bits per heavy atom. The van der Waals surface area contributed by atoms with Crippen LogP contribution in [0, 0.1) is 19.6 Å². The minimum Gasteiger partial charge on any atom is -0.459 e. The number of hydrogen-bond donors (Lipinski definition) is 0. The monoisotopic (exact) mass is 389 g/mol. The van der Waals surface area contributed by atoms with Crippen LogP contribution in [0.2, 0.25) is 0 Å². The second-order valence-electron chi connectivity index (χ2n) is 5.22. The van der Waals surface area contributed by atoms with Crippen LogP contribution < -0.4 is 0 Å². The number of benzene rings is 1. The molecule has 0 aliphatic heterocycles. The molecule has 1 aromatic carbocycles. The van der Waals surface area contributed by atoms with Gasteiger partial charge in [-0.25, -0.2) is 4.79 Å². The van der Waals surface area contributed by atoms with Crippen LogP contribution in [0.15, 0.2) is 18.2 Å². The van der Waals surface area contributed by atoms with Crippen molar-refractivity contribution < 1.29 is 14.5 Å². The van der Waals surface area contributed by atoms with Gasteiger partial charge in [0.1, 0.15) is 6.10 Å². The van der Waals surface area contributed by atoms with E-state index >= 15 is 0 Å². The predicted octanol–water partition coefficient (Wildman–Crippen LogP) is 3.93. The second kappa shape index (κ2) is 6.51. The summed E-state index contributed by atoms with van der Waals surface area (Å²) in [5.41, 5.74) is 0.187. The zero-order valence-corrected chi connectivity index (χ0v) is 13.3. The minimum absolute atomic E-state index is 0.0682. The number of hydrogen-bond acceptors (Lipinski definition) is 4. The molecule has 0 heterocycles. The number of esters is 1. The van der Waals surface area contributed by atoms with Crippen LogP contribution in [-0.2, 0) is 4.74 Å². The molecule has 0 aromatic heterocycles. The maximum Gasteiger partial charge on any atom is 0.339 e. The molecule has 5 nitrogen and oxygen atoms in total. The lowest BCUT2D eigenvalue weighted by molar-refractivity contribution is -0.384. The molecule has 2 atom stereocenters. The molecule has 1 aliphatic carbocycles. The van der Waals surface area contributed by atoms with Crippen LogP contribution >= 0.6 is 22.6 Å². The first-order valence-electron chi connectivity index (χ1n) is 6.62. The van der Waals surface area contributed by atoms with Crippen molar-refractivity contribution in [2.45, 2.75) is 38.7 Å². The molecule has 1 fully saturated rings. The molecule has 1 aliphatic rings. The van der Waals surface area contributed by atoms with Crippen LogP contribution in [0.4, 0.5) is 5.69 Å². The minimum atomic E-state index is -0.504. The topological polar surface area (TPSA) is 69.4 Å². The summed E-state index contributed by atoms with van der Waals surface area (Å²) in [5.74, 6) is 0.0999. The van der Waals surface area contributed by atoms with Gasteiger partial charge >= 0.3 is 5.97 Å². The van der Waals surface area contributed by atoms with Gasteiger partial charge in [0.2, 0.25) is 0 Å². The van der Waals surface area contributed by atoms with Crippen molar-refractivity contribution in [3.8, 4) is 0 Å². The Bertz CT molecular complexity index is 532. The lowest BCUT2D eigenvalue weighted by Gasteiger charge is -2.26. The van der Waals surface area contributed by atoms with Crippen molar-refractivity contribution in [2.75, 3.05) is 0 Å². The number of ether oxygens (including phenoxy) is 1. The highest BCUT2D eigenvalue weighted by Crippen LogP contribution is 2.27. The number of carbonyl (C=O) groups is 1. The molecule has 20 heavy (non-hydrogen) atoms. The van der Waals surface area contributed by atoms with Crippen molar-refractivity contribution in [3.05, 3.63) is 37.4 Å². The lowest BCUT2D eigenvalue weighted by atomic mass is 9.89. The van der Waals surface area contributed by atoms with Gasteiger partial charge in [0, 0.05) is 15.7 Å². The third kappa shape index (κ3) is 3.68.